The van der Waals surface area contributed by atoms with E-state index < -0.39 is 6.04 Å². The van der Waals surface area contributed by atoms with Crippen LogP contribution in [0.3, 0.4) is 0 Å². The summed E-state index contributed by atoms with van der Waals surface area (Å²) in [7, 11) is 0. The predicted octanol–water partition coefficient (Wildman–Crippen LogP) is 4.10. The van der Waals surface area contributed by atoms with Gasteiger partial charge in [0.2, 0.25) is 11.8 Å². The fourth-order valence-corrected chi connectivity index (χ4v) is 3.17. The highest BCUT2D eigenvalue weighted by atomic mass is 19.1. The SMILES string of the molecule is CC(C(=O)NCc1ccccc1)N(Cc1ccc(F)cc1)C(=O)Cc1ccccc1. The molecule has 0 aliphatic carbocycles. The van der Waals surface area contributed by atoms with Crippen LogP contribution in [0.4, 0.5) is 4.39 Å². The Bertz CT molecular complexity index is 959. The van der Waals surface area contributed by atoms with Crippen molar-refractivity contribution in [1.82, 2.24) is 10.2 Å². The lowest BCUT2D eigenvalue weighted by Crippen LogP contribution is -2.47. The second-order valence-electron chi connectivity index (χ2n) is 7.19. The van der Waals surface area contributed by atoms with E-state index in [1.165, 1.54) is 12.1 Å². The van der Waals surface area contributed by atoms with Crippen LogP contribution in [0.2, 0.25) is 0 Å². The molecule has 0 aliphatic heterocycles. The number of nitrogens with zero attached hydrogens (tertiary/aromatic N) is 1. The molecule has 5 heteroatoms. The minimum absolute atomic E-state index is 0.159. The highest BCUT2D eigenvalue weighted by Crippen LogP contribution is 2.13. The third-order valence-electron chi connectivity index (χ3n) is 4.94. The maximum absolute atomic E-state index is 13.3. The maximum atomic E-state index is 13.3. The molecule has 3 aromatic carbocycles. The summed E-state index contributed by atoms with van der Waals surface area (Å²) in [6.07, 6.45) is 0.193. The molecule has 0 saturated carbocycles. The van der Waals surface area contributed by atoms with Gasteiger partial charge in [-0.1, -0.05) is 72.8 Å². The van der Waals surface area contributed by atoms with Crippen molar-refractivity contribution in [1.29, 1.82) is 0 Å². The van der Waals surface area contributed by atoms with E-state index in [-0.39, 0.29) is 30.6 Å². The van der Waals surface area contributed by atoms with Gasteiger partial charge in [0.1, 0.15) is 11.9 Å². The van der Waals surface area contributed by atoms with Crippen molar-refractivity contribution in [2.24, 2.45) is 0 Å². The summed E-state index contributed by atoms with van der Waals surface area (Å²) < 4.78 is 13.3. The molecule has 154 valence electrons. The number of halogens is 1. The standard InChI is InChI=1S/C25H25FN2O2/c1-19(25(30)27-17-21-10-6-3-7-11-21)28(18-22-12-14-23(26)15-13-22)24(29)16-20-8-4-2-5-9-20/h2-15,19H,16-18H2,1H3,(H,27,30). The largest absolute Gasteiger partial charge is 0.350 e. The first kappa shape index (κ1) is 21.2. The minimum Gasteiger partial charge on any atom is -0.350 e. The van der Waals surface area contributed by atoms with E-state index in [2.05, 4.69) is 5.32 Å². The third kappa shape index (κ3) is 6.01. The number of carbonyl (C=O) groups excluding carboxylic acids is 2. The van der Waals surface area contributed by atoms with E-state index in [1.807, 2.05) is 60.7 Å². The van der Waals surface area contributed by atoms with E-state index in [0.29, 0.717) is 6.54 Å². The number of hydrogen-bond donors (Lipinski definition) is 1. The quantitative estimate of drug-likeness (QED) is 0.615. The Morgan fingerprint density at radius 1 is 0.833 bits per heavy atom. The van der Waals surface area contributed by atoms with E-state index in [9.17, 15) is 14.0 Å². The van der Waals surface area contributed by atoms with E-state index in [4.69, 9.17) is 0 Å². The number of carbonyl (C=O) groups is 2. The molecule has 0 radical (unpaired) electrons. The van der Waals surface area contributed by atoms with Gasteiger partial charge in [-0.25, -0.2) is 4.39 Å². The number of amides is 2. The van der Waals surface area contributed by atoms with E-state index in [0.717, 1.165) is 16.7 Å². The molecule has 1 unspecified atom stereocenters. The van der Waals surface area contributed by atoms with Crippen LogP contribution in [0, 0.1) is 5.82 Å². The fraction of sp³-hybridized carbons (Fsp3) is 0.200. The zero-order valence-electron chi connectivity index (χ0n) is 16.9. The average Bonchev–Trinajstić information content (AvgIpc) is 2.78. The normalized spacial score (nSPS) is 11.5. The van der Waals surface area contributed by atoms with Crippen LogP contribution in [0.5, 0.6) is 0 Å². The van der Waals surface area contributed by atoms with Crippen LogP contribution in [0.15, 0.2) is 84.9 Å². The van der Waals surface area contributed by atoms with Crippen molar-refractivity contribution in [3.05, 3.63) is 107 Å². The Hall–Kier alpha value is -3.47. The zero-order valence-corrected chi connectivity index (χ0v) is 16.9. The number of benzene rings is 3. The van der Waals surface area contributed by atoms with Gasteiger partial charge >= 0.3 is 0 Å². The maximum Gasteiger partial charge on any atom is 0.242 e. The van der Waals surface area contributed by atoms with Gasteiger partial charge in [0.15, 0.2) is 0 Å². The fourth-order valence-electron chi connectivity index (χ4n) is 3.17. The summed E-state index contributed by atoms with van der Waals surface area (Å²) in [4.78, 5) is 27.4. The molecular weight excluding hydrogens is 379 g/mol. The van der Waals surface area contributed by atoms with E-state index in [1.54, 1.807) is 24.0 Å². The third-order valence-corrected chi connectivity index (χ3v) is 4.94. The molecule has 30 heavy (non-hydrogen) atoms. The number of hydrogen-bond acceptors (Lipinski definition) is 2. The topological polar surface area (TPSA) is 49.4 Å². The summed E-state index contributed by atoms with van der Waals surface area (Å²) >= 11 is 0. The van der Waals surface area contributed by atoms with Crippen molar-refractivity contribution in [2.75, 3.05) is 0 Å². The lowest BCUT2D eigenvalue weighted by Gasteiger charge is -2.29. The summed E-state index contributed by atoms with van der Waals surface area (Å²) in [6.45, 7) is 2.33. The van der Waals surface area contributed by atoms with Gasteiger partial charge < -0.3 is 10.2 Å². The van der Waals surface area contributed by atoms with Gasteiger partial charge in [-0.2, -0.15) is 0 Å². The van der Waals surface area contributed by atoms with E-state index >= 15 is 0 Å². The highest BCUT2D eigenvalue weighted by Gasteiger charge is 2.26. The minimum atomic E-state index is -0.671. The van der Waals surface area contributed by atoms with Crippen LogP contribution >= 0.6 is 0 Å². The smallest absolute Gasteiger partial charge is 0.242 e. The Labute approximate surface area is 176 Å². The first-order valence-corrected chi connectivity index (χ1v) is 9.92. The van der Waals surface area contributed by atoms with Gasteiger partial charge in [-0.15, -0.1) is 0 Å². The molecule has 0 bridgehead atoms. The van der Waals surface area contributed by atoms with Gasteiger partial charge in [0.25, 0.3) is 0 Å². The average molecular weight is 404 g/mol. The van der Waals surface area contributed by atoms with Crippen molar-refractivity contribution in [2.45, 2.75) is 32.5 Å². The lowest BCUT2D eigenvalue weighted by atomic mass is 10.1. The van der Waals surface area contributed by atoms with Crippen LogP contribution in [-0.4, -0.2) is 22.8 Å². The summed E-state index contributed by atoms with van der Waals surface area (Å²) in [5.41, 5.74) is 2.63. The van der Waals surface area contributed by atoms with Crippen LogP contribution < -0.4 is 5.32 Å². The predicted molar refractivity (Wildman–Crippen MR) is 115 cm³/mol. The lowest BCUT2D eigenvalue weighted by molar-refractivity contribution is -0.140. The van der Waals surface area contributed by atoms with Gasteiger partial charge in [-0.05, 0) is 35.7 Å². The molecule has 1 N–H and O–H groups in total. The summed E-state index contributed by atoms with van der Waals surface area (Å²) in [5.74, 6) is -0.732. The Morgan fingerprint density at radius 2 is 1.40 bits per heavy atom. The molecule has 0 saturated heterocycles. The van der Waals surface area contributed by atoms with Crippen LogP contribution in [0.25, 0.3) is 0 Å². The molecular formula is C25H25FN2O2. The van der Waals surface area contributed by atoms with Crippen molar-refractivity contribution in [3.8, 4) is 0 Å². The first-order chi connectivity index (χ1) is 14.5. The van der Waals surface area contributed by atoms with Crippen LogP contribution in [0.1, 0.15) is 23.6 Å². The van der Waals surface area contributed by atoms with Crippen LogP contribution in [-0.2, 0) is 29.1 Å². The number of rotatable bonds is 8. The Morgan fingerprint density at radius 3 is 2.00 bits per heavy atom. The summed E-state index contributed by atoms with van der Waals surface area (Å²) in [6, 6.07) is 24.3. The molecule has 0 spiro atoms. The molecule has 0 aromatic heterocycles. The molecule has 1 atom stereocenters. The van der Waals surface area contributed by atoms with Gasteiger partial charge in [0, 0.05) is 13.1 Å². The zero-order chi connectivity index (χ0) is 21.3. The second kappa shape index (κ2) is 10.3. The molecule has 4 nitrogen and oxygen atoms in total. The monoisotopic (exact) mass is 404 g/mol. The van der Waals surface area contributed by atoms with Crippen molar-refractivity contribution >= 4 is 11.8 Å². The summed E-state index contributed by atoms with van der Waals surface area (Å²) in [5, 5.41) is 2.90. The van der Waals surface area contributed by atoms with Gasteiger partial charge in [-0.3, -0.25) is 9.59 Å². The molecule has 0 aliphatic rings. The molecule has 3 aromatic rings. The molecule has 2 amide bonds. The van der Waals surface area contributed by atoms with Crippen molar-refractivity contribution in [3.63, 3.8) is 0 Å². The molecule has 0 fully saturated rings. The molecule has 0 heterocycles. The van der Waals surface area contributed by atoms with Gasteiger partial charge in [0.05, 0.1) is 6.42 Å². The molecule has 3 rings (SSSR count). The first-order valence-electron chi connectivity index (χ1n) is 9.92. The highest BCUT2D eigenvalue weighted by molar-refractivity contribution is 5.88. The number of nitrogens with one attached hydrogen (secondary N) is 1. The van der Waals surface area contributed by atoms with Crippen molar-refractivity contribution < 1.29 is 14.0 Å². The Balaban J connectivity index is 1.73. The Kier molecular flexibility index (Phi) is 7.33. The second-order valence-corrected chi connectivity index (χ2v) is 7.19.